The minimum Gasteiger partial charge on any atom is -0.305 e. The number of hydrogen-bond acceptors (Lipinski definition) is 4. The molecule has 2 N–H and O–H groups in total. The van der Waals surface area contributed by atoms with Gasteiger partial charge in [-0.2, -0.15) is 4.99 Å². The van der Waals surface area contributed by atoms with Crippen molar-refractivity contribution in [1.29, 1.82) is 0 Å². The number of carbonyl (C=O) groups excluding carboxylic acids is 1. The van der Waals surface area contributed by atoms with Gasteiger partial charge in [-0.1, -0.05) is 36.5 Å². The highest BCUT2D eigenvalue weighted by Gasteiger charge is 2.17. The van der Waals surface area contributed by atoms with Crippen LogP contribution in [0.2, 0.25) is 0 Å². The van der Waals surface area contributed by atoms with E-state index in [-0.39, 0.29) is 17.3 Å². The van der Waals surface area contributed by atoms with Crippen molar-refractivity contribution in [1.82, 2.24) is 4.57 Å². The lowest BCUT2D eigenvalue weighted by Gasteiger charge is -2.19. The zero-order valence-corrected chi connectivity index (χ0v) is 16.0. The Labute approximate surface area is 156 Å². The first-order chi connectivity index (χ1) is 12.4. The summed E-state index contributed by atoms with van der Waals surface area (Å²) in [5.41, 5.74) is 0.740. The molecule has 1 aromatic heterocycles. The summed E-state index contributed by atoms with van der Waals surface area (Å²) in [5.74, 6) is 2.81. The quantitative estimate of drug-likeness (QED) is 0.811. The fourth-order valence-electron chi connectivity index (χ4n) is 3.35. The number of terminal acetylenes is 1. The van der Waals surface area contributed by atoms with Crippen LogP contribution in [0.1, 0.15) is 38.5 Å². The Hall–Kier alpha value is -1.95. The average molecular weight is 392 g/mol. The lowest BCUT2D eigenvalue weighted by atomic mass is 9.87. The fourth-order valence-corrected chi connectivity index (χ4v) is 5.05. The molecule has 1 aliphatic rings. The molecule has 3 rings (SSSR count). The van der Waals surface area contributed by atoms with E-state index in [1.807, 2.05) is 0 Å². The summed E-state index contributed by atoms with van der Waals surface area (Å²) in [6.07, 6.45) is 11.7. The maximum atomic E-state index is 12.4. The van der Waals surface area contributed by atoms with Crippen LogP contribution in [0.5, 0.6) is 0 Å². The van der Waals surface area contributed by atoms with Crippen LogP contribution in [0.3, 0.4) is 0 Å². The number of hydrogen-bond donors (Lipinski definition) is 1. The molecule has 1 saturated carbocycles. The molecule has 26 heavy (non-hydrogen) atoms. The highest BCUT2D eigenvalue weighted by atomic mass is 32.2. The van der Waals surface area contributed by atoms with Crippen molar-refractivity contribution in [2.24, 2.45) is 16.0 Å². The number of sulfonamides is 1. The van der Waals surface area contributed by atoms with Crippen molar-refractivity contribution in [3.05, 3.63) is 23.0 Å². The predicted octanol–water partition coefficient (Wildman–Crippen LogP) is 2.38. The van der Waals surface area contributed by atoms with Gasteiger partial charge >= 0.3 is 0 Å². The third-order valence-electron chi connectivity index (χ3n) is 4.64. The van der Waals surface area contributed by atoms with Crippen molar-refractivity contribution in [3.63, 3.8) is 0 Å². The SMILES string of the molecule is C#CCn1c(=NC(=O)CC2CCCCC2)sc2cc(S(N)(=O)=O)ccc21. The minimum absolute atomic E-state index is 0.0270. The molecule has 6 nitrogen and oxygen atoms in total. The van der Waals surface area contributed by atoms with Crippen molar-refractivity contribution < 1.29 is 13.2 Å². The molecular formula is C18H21N3O3S2. The van der Waals surface area contributed by atoms with Gasteiger partial charge in [-0.05, 0) is 37.0 Å². The summed E-state index contributed by atoms with van der Waals surface area (Å²) in [4.78, 5) is 17.2. The van der Waals surface area contributed by atoms with Crippen LogP contribution in [0, 0.1) is 18.3 Å². The Bertz CT molecular complexity index is 1040. The van der Waals surface area contributed by atoms with Gasteiger partial charge in [-0.3, -0.25) is 4.79 Å². The number of carbonyl (C=O) groups is 1. The highest BCUT2D eigenvalue weighted by molar-refractivity contribution is 7.89. The van der Waals surface area contributed by atoms with E-state index in [2.05, 4.69) is 10.9 Å². The minimum atomic E-state index is -3.79. The molecule has 0 radical (unpaired) electrons. The van der Waals surface area contributed by atoms with Crippen LogP contribution in [0.15, 0.2) is 28.1 Å². The van der Waals surface area contributed by atoms with Crippen molar-refractivity contribution in [3.8, 4) is 12.3 Å². The highest BCUT2D eigenvalue weighted by Crippen LogP contribution is 2.26. The van der Waals surface area contributed by atoms with Crippen LogP contribution in [-0.4, -0.2) is 18.9 Å². The molecule has 0 saturated heterocycles. The third-order valence-corrected chi connectivity index (χ3v) is 6.59. The second kappa shape index (κ2) is 7.74. The maximum absolute atomic E-state index is 12.4. The van der Waals surface area contributed by atoms with Gasteiger partial charge in [0.25, 0.3) is 0 Å². The summed E-state index contributed by atoms with van der Waals surface area (Å²) in [7, 11) is -3.79. The van der Waals surface area contributed by atoms with E-state index >= 15 is 0 Å². The summed E-state index contributed by atoms with van der Waals surface area (Å²) in [5, 5.41) is 5.20. The predicted molar refractivity (Wildman–Crippen MR) is 102 cm³/mol. The molecule has 1 amide bonds. The number of thiazole rings is 1. The molecule has 0 unspecified atom stereocenters. The van der Waals surface area contributed by atoms with Gasteiger partial charge in [-0.15, -0.1) is 6.42 Å². The number of nitrogens with two attached hydrogens (primary N) is 1. The molecule has 0 atom stereocenters. The molecule has 0 aliphatic heterocycles. The van der Waals surface area contributed by atoms with Crippen molar-refractivity contribution >= 4 is 37.5 Å². The Kier molecular flexibility index (Phi) is 5.61. The lowest BCUT2D eigenvalue weighted by molar-refractivity contribution is -0.119. The second-order valence-corrected chi connectivity index (χ2v) is 9.13. The van der Waals surface area contributed by atoms with Crippen LogP contribution in [0.25, 0.3) is 10.2 Å². The smallest absolute Gasteiger partial charge is 0.248 e. The van der Waals surface area contributed by atoms with Gasteiger partial charge in [0.15, 0.2) is 4.80 Å². The van der Waals surface area contributed by atoms with Crippen LogP contribution < -0.4 is 9.94 Å². The summed E-state index contributed by atoms with van der Waals surface area (Å²) in [6.45, 7) is 0.254. The Morgan fingerprint density at radius 1 is 1.35 bits per heavy atom. The standard InChI is InChI=1S/C18H21N3O3S2/c1-2-10-21-15-9-8-14(26(19,23)24)12-16(15)25-18(21)20-17(22)11-13-6-4-3-5-7-13/h1,8-9,12-13H,3-7,10-11H2,(H2,19,23,24). The van der Waals surface area contributed by atoms with E-state index in [1.54, 1.807) is 10.6 Å². The van der Waals surface area contributed by atoms with Crippen LogP contribution >= 0.6 is 11.3 Å². The normalized spacial score (nSPS) is 16.7. The van der Waals surface area contributed by atoms with Crippen molar-refractivity contribution in [2.75, 3.05) is 0 Å². The molecule has 1 fully saturated rings. The van der Waals surface area contributed by atoms with Gasteiger partial charge in [0.1, 0.15) is 0 Å². The number of nitrogens with zero attached hydrogens (tertiary/aromatic N) is 2. The van der Waals surface area contributed by atoms with Gasteiger partial charge in [0.05, 0.1) is 21.7 Å². The Morgan fingerprint density at radius 3 is 2.73 bits per heavy atom. The molecule has 0 spiro atoms. The number of benzene rings is 1. The van der Waals surface area contributed by atoms with Crippen LogP contribution in [0.4, 0.5) is 0 Å². The lowest BCUT2D eigenvalue weighted by Crippen LogP contribution is -2.18. The van der Waals surface area contributed by atoms with Gasteiger partial charge in [-0.25, -0.2) is 13.6 Å². The number of amides is 1. The monoisotopic (exact) mass is 391 g/mol. The molecular weight excluding hydrogens is 370 g/mol. The van der Waals surface area contributed by atoms with E-state index in [4.69, 9.17) is 11.6 Å². The van der Waals surface area contributed by atoms with Crippen LogP contribution in [-0.2, 0) is 21.4 Å². The fraction of sp³-hybridized carbons (Fsp3) is 0.444. The van der Waals surface area contributed by atoms with E-state index < -0.39 is 10.0 Å². The van der Waals surface area contributed by atoms with E-state index in [1.165, 1.54) is 42.7 Å². The zero-order valence-electron chi connectivity index (χ0n) is 14.3. The molecule has 1 aliphatic carbocycles. The molecule has 1 heterocycles. The molecule has 8 heteroatoms. The van der Waals surface area contributed by atoms with Crippen molar-refractivity contribution in [2.45, 2.75) is 50.0 Å². The van der Waals surface area contributed by atoms with Gasteiger partial charge in [0.2, 0.25) is 15.9 Å². The maximum Gasteiger partial charge on any atom is 0.248 e. The van der Waals surface area contributed by atoms with Gasteiger partial charge in [0, 0.05) is 6.42 Å². The second-order valence-electron chi connectivity index (χ2n) is 6.56. The molecule has 138 valence electrons. The Morgan fingerprint density at radius 2 is 2.08 bits per heavy atom. The average Bonchev–Trinajstić information content (AvgIpc) is 2.92. The number of rotatable bonds is 4. The Balaban J connectivity index is 1.99. The van der Waals surface area contributed by atoms with E-state index in [9.17, 15) is 13.2 Å². The summed E-state index contributed by atoms with van der Waals surface area (Å²) < 4.78 is 25.6. The van der Waals surface area contributed by atoms with E-state index in [0.717, 1.165) is 18.4 Å². The molecule has 1 aromatic carbocycles. The molecule has 0 bridgehead atoms. The largest absolute Gasteiger partial charge is 0.305 e. The third kappa shape index (κ3) is 4.23. The number of aromatic nitrogens is 1. The zero-order chi connectivity index (χ0) is 18.7. The van der Waals surface area contributed by atoms with E-state index in [0.29, 0.717) is 21.8 Å². The number of primary sulfonamides is 1. The summed E-state index contributed by atoms with van der Waals surface area (Å²) in [6, 6.07) is 4.57. The first-order valence-corrected chi connectivity index (χ1v) is 10.9. The first-order valence-electron chi connectivity index (χ1n) is 8.55. The summed E-state index contributed by atoms with van der Waals surface area (Å²) >= 11 is 1.24. The molecule has 2 aromatic rings. The first kappa shape index (κ1) is 18.8. The topological polar surface area (TPSA) is 94.5 Å². The number of fused-ring (bicyclic) bond motifs is 1. The van der Waals surface area contributed by atoms with Gasteiger partial charge < -0.3 is 4.57 Å².